The second kappa shape index (κ2) is 6.52. The lowest BCUT2D eigenvalue weighted by atomic mass is 10.1. The predicted molar refractivity (Wildman–Crippen MR) is 93.6 cm³/mol. The third-order valence-electron chi connectivity index (χ3n) is 3.52. The van der Waals surface area contributed by atoms with Gasteiger partial charge in [-0.1, -0.05) is 23.2 Å². The first kappa shape index (κ1) is 15.7. The zero-order valence-corrected chi connectivity index (χ0v) is 13.8. The summed E-state index contributed by atoms with van der Waals surface area (Å²) in [6.07, 6.45) is 2.03. The fourth-order valence-corrected chi connectivity index (χ4v) is 2.79. The zero-order chi connectivity index (χ0) is 16.4. The Morgan fingerprint density at radius 3 is 2.70 bits per heavy atom. The molecule has 2 N–H and O–H groups in total. The molecule has 1 heterocycles. The van der Waals surface area contributed by atoms with Gasteiger partial charge in [0.2, 0.25) is 5.91 Å². The number of fused-ring (bicyclic) bond motifs is 1. The number of carbonyl (C=O) groups is 1. The van der Waals surface area contributed by atoms with Gasteiger partial charge in [-0.3, -0.25) is 4.79 Å². The minimum Gasteiger partial charge on any atom is -0.495 e. The molecule has 6 heteroatoms. The van der Waals surface area contributed by atoms with E-state index in [0.29, 0.717) is 21.5 Å². The fraction of sp³-hybridized carbons (Fsp3) is 0.118. The number of aromatic amines is 1. The van der Waals surface area contributed by atoms with Gasteiger partial charge >= 0.3 is 0 Å². The molecule has 0 bridgehead atoms. The van der Waals surface area contributed by atoms with Gasteiger partial charge in [-0.2, -0.15) is 0 Å². The Hall–Kier alpha value is -2.17. The van der Waals surface area contributed by atoms with Crippen molar-refractivity contribution in [2.75, 3.05) is 12.4 Å². The number of ether oxygens (including phenoxy) is 1. The molecule has 0 aliphatic heterocycles. The maximum absolute atomic E-state index is 12.3. The molecule has 4 nitrogen and oxygen atoms in total. The number of hydrogen-bond acceptors (Lipinski definition) is 2. The molecule has 23 heavy (non-hydrogen) atoms. The summed E-state index contributed by atoms with van der Waals surface area (Å²) in [6.45, 7) is 0. The van der Waals surface area contributed by atoms with Crippen LogP contribution >= 0.6 is 23.2 Å². The first-order chi connectivity index (χ1) is 11.1. The summed E-state index contributed by atoms with van der Waals surface area (Å²) in [5.41, 5.74) is 2.36. The van der Waals surface area contributed by atoms with Gasteiger partial charge in [0.15, 0.2) is 0 Å². The monoisotopic (exact) mass is 348 g/mol. The van der Waals surface area contributed by atoms with Crippen molar-refractivity contribution in [1.82, 2.24) is 4.98 Å². The number of nitrogens with one attached hydrogen (secondary N) is 2. The molecule has 3 rings (SSSR count). The number of benzene rings is 2. The molecule has 1 aromatic heterocycles. The van der Waals surface area contributed by atoms with E-state index in [1.54, 1.807) is 31.4 Å². The van der Waals surface area contributed by atoms with Gasteiger partial charge < -0.3 is 15.0 Å². The van der Waals surface area contributed by atoms with Crippen molar-refractivity contribution < 1.29 is 9.53 Å². The lowest BCUT2D eigenvalue weighted by molar-refractivity contribution is -0.115. The molecule has 3 aromatic rings. The number of anilines is 1. The maximum Gasteiger partial charge on any atom is 0.228 e. The molecular formula is C17H14Cl2N2O2. The normalized spacial score (nSPS) is 10.7. The Labute approximate surface area is 143 Å². The number of halogens is 2. The summed E-state index contributed by atoms with van der Waals surface area (Å²) in [5, 5.41) is 4.92. The highest BCUT2D eigenvalue weighted by molar-refractivity contribution is 6.31. The highest BCUT2D eigenvalue weighted by Gasteiger charge is 2.12. The molecular weight excluding hydrogens is 335 g/mol. The summed E-state index contributed by atoms with van der Waals surface area (Å²) in [7, 11) is 1.54. The Bertz CT molecular complexity index is 874. The van der Waals surface area contributed by atoms with Crippen LogP contribution in [0.5, 0.6) is 5.75 Å². The molecule has 0 unspecified atom stereocenters. The SMILES string of the molecule is COc1ccc(Cl)cc1NC(=O)Cc1c[nH]c2ccc(Cl)cc12. The van der Waals surface area contributed by atoms with Crippen LogP contribution in [0.3, 0.4) is 0 Å². The summed E-state index contributed by atoms with van der Waals surface area (Å²) in [4.78, 5) is 15.5. The van der Waals surface area contributed by atoms with Crippen LogP contribution < -0.4 is 10.1 Å². The second-order valence-corrected chi connectivity index (χ2v) is 5.95. The minimum absolute atomic E-state index is 0.161. The van der Waals surface area contributed by atoms with Crippen LogP contribution in [0.4, 0.5) is 5.69 Å². The van der Waals surface area contributed by atoms with Crippen LogP contribution in [0.25, 0.3) is 10.9 Å². The van der Waals surface area contributed by atoms with Crippen molar-refractivity contribution in [2.24, 2.45) is 0 Å². The smallest absolute Gasteiger partial charge is 0.228 e. The number of H-pyrrole nitrogens is 1. The predicted octanol–water partition coefficient (Wildman–Crippen LogP) is 4.66. The van der Waals surface area contributed by atoms with E-state index >= 15 is 0 Å². The fourth-order valence-electron chi connectivity index (χ4n) is 2.44. The highest BCUT2D eigenvalue weighted by Crippen LogP contribution is 2.28. The summed E-state index contributed by atoms with van der Waals surface area (Å²) in [6, 6.07) is 10.6. The van der Waals surface area contributed by atoms with Crippen molar-refractivity contribution in [3.63, 3.8) is 0 Å². The molecule has 0 atom stereocenters. The molecule has 0 aliphatic rings. The largest absolute Gasteiger partial charge is 0.495 e. The van der Waals surface area contributed by atoms with Gasteiger partial charge in [0, 0.05) is 27.1 Å². The number of hydrogen-bond donors (Lipinski definition) is 2. The van der Waals surface area contributed by atoms with Crippen molar-refractivity contribution >= 4 is 45.7 Å². The molecule has 0 saturated carbocycles. The molecule has 1 amide bonds. The lowest BCUT2D eigenvalue weighted by Gasteiger charge is -2.10. The first-order valence-corrected chi connectivity index (χ1v) is 7.71. The molecule has 118 valence electrons. The van der Waals surface area contributed by atoms with Crippen molar-refractivity contribution in [1.29, 1.82) is 0 Å². The number of aromatic nitrogens is 1. The van der Waals surface area contributed by atoms with Crippen LogP contribution in [0, 0.1) is 0 Å². The molecule has 0 fully saturated rings. The number of amides is 1. The van der Waals surface area contributed by atoms with E-state index in [4.69, 9.17) is 27.9 Å². The van der Waals surface area contributed by atoms with Crippen LogP contribution in [-0.4, -0.2) is 18.0 Å². The Morgan fingerprint density at radius 1 is 1.17 bits per heavy atom. The van der Waals surface area contributed by atoms with Gasteiger partial charge in [0.1, 0.15) is 5.75 Å². The third-order valence-corrected chi connectivity index (χ3v) is 3.99. The zero-order valence-electron chi connectivity index (χ0n) is 12.3. The average molecular weight is 349 g/mol. The quantitative estimate of drug-likeness (QED) is 0.720. The van der Waals surface area contributed by atoms with E-state index in [1.807, 2.05) is 18.3 Å². The first-order valence-electron chi connectivity index (χ1n) is 6.95. The summed E-state index contributed by atoms with van der Waals surface area (Å²) >= 11 is 12.0. The Kier molecular flexibility index (Phi) is 4.46. The van der Waals surface area contributed by atoms with E-state index in [2.05, 4.69) is 10.3 Å². The van der Waals surface area contributed by atoms with Crippen molar-refractivity contribution in [3.05, 3.63) is 58.2 Å². The van der Waals surface area contributed by atoms with Gasteiger partial charge in [-0.15, -0.1) is 0 Å². The van der Waals surface area contributed by atoms with E-state index in [0.717, 1.165) is 16.5 Å². The molecule has 0 saturated heterocycles. The maximum atomic E-state index is 12.3. The lowest BCUT2D eigenvalue weighted by Crippen LogP contribution is -2.14. The van der Waals surface area contributed by atoms with Crippen molar-refractivity contribution in [2.45, 2.75) is 6.42 Å². The number of carbonyl (C=O) groups excluding carboxylic acids is 1. The molecule has 0 aliphatic carbocycles. The van der Waals surface area contributed by atoms with E-state index in [1.165, 1.54) is 0 Å². The number of methoxy groups -OCH3 is 1. The minimum atomic E-state index is -0.161. The standard InChI is InChI=1S/C17H14Cl2N2O2/c1-23-16-5-3-12(19)8-15(16)21-17(22)6-10-9-20-14-4-2-11(18)7-13(10)14/h2-5,7-9,20H,6H2,1H3,(H,21,22). The summed E-state index contributed by atoms with van der Waals surface area (Å²) < 4.78 is 5.23. The van der Waals surface area contributed by atoms with Crippen LogP contribution in [-0.2, 0) is 11.2 Å². The van der Waals surface area contributed by atoms with E-state index in [9.17, 15) is 4.79 Å². The second-order valence-electron chi connectivity index (χ2n) is 5.07. The number of rotatable bonds is 4. The Morgan fingerprint density at radius 2 is 1.91 bits per heavy atom. The average Bonchev–Trinajstić information content (AvgIpc) is 2.90. The van der Waals surface area contributed by atoms with Gasteiger partial charge in [0.05, 0.1) is 19.2 Å². The molecule has 0 spiro atoms. The van der Waals surface area contributed by atoms with E-state index < -0.39 is 0 Å². The van der Waals surface area contributed by atoms with Gasteiger partial charge in [0.25, 0.3) is 0 Å². The molecule has 2 aromatic carbocycles. The molecule has 0 radical (unpaired) electrons. The Balaban J connectivity index is 1.81. The van der Waals surface area contributed by atoms with Crippen molar-refractivity contribution in [3.8, 4) is 5.75 Å². The van der Waals surface area contributed by atoms with Gasteiger partial charge in [-0.05, 0) is 42.0 Å². The van der Waals surface area contributed by atoms with Crippen LogP contribution in [0.1, 0.15) is 5.56 Å². The third kappa shape index (κ3) is 3.44. The van der Waals surface area contributed by atoms with Gasteiger partial charge in [-0.25, -0.2) is 0 Å². The highest BCUT2D eigenvalue weighted by atomic mass is 35.5. The van der Waals surface area contributed by atoms with Crippen LogP contribution in [0.15, 0.2) is 42.6 Å². The van der Waals surface area contributed by atoms with Crippen LogP contribution in [0.2, 0.25) is 10.0 Å². The summed E-state index contributed by atoms with van der Waals surface area (Å²) in [5.74, 6) is 0.399. The van der Waals surface area contributed by atoms with E-state index in [-0.39, 0.29) is 12.3 Å². The topological polar surface area (TPSA) is 54.1 Å².